The van der Waals surface area contributed by atoms with E-state index in [1.807, 2.05) is 0 Å². The zero-order chi connectivity index (χ0) is 19.1. The van der Waals surface area contributed by atoms with Crippen LogP contribution in [0.3, 0.4) is 0 Å². The first-order chi connectivity index (χ1) is 12.3. The third kappa shape index (κ3) is 3.22. The third-order valence-corrected chi connectivity index (χ3v) is 5.10. The van der Waals surface area contributed by atoms with Gasteiger partial charge in [-0.15, -0.1) is 0 Å². The van der Waals surface area contributed by atoms with E-state index in [0.717, 1.165) is 4.90 Å². The Morgan fingerprint density at radius 2 is 1.73 bits per heavy atom. The van der Waals surface area contributed by atoms with Crippen LogP contribution in [0.25, 0.3) is 0 Å². The third-order valence-electron chi connectivity index (χ3n) is 4.32. The molecule has 0 bridgehead atoms. The van der Waals surface area contributed by atoms with Crippen LogP contribution in [-0.2, 0) is 16.9 Å². The molecule has 2 aromatic carbocycles. The number of ether oxygens (including phenoxy) is 1. The predicted molar refractivity (Wildman–Crippen MR) is 101 cm³/mol. The summed E-state index contributed by atoms with van der Waals surface area (Å²) in [6, 6.07) is 9.28. The van der Waals surface area contributed by atoms with Crippen molar-refractivity contribution in [2.75, 3.05) is 7.11 Å². The molecule has 0 spiro atoms. The fraction of sp³-hybridized carbons (Fsp3) is 0.222. The Morgan fingerprint density at radius 3 is 2.38 bits per heavy atom. The van der Waals surface area contributed by atoms with E-state index in [4.69, 9.17) is 39.5 Å². The summed E-state index contributed by atoms with van der Waals surface area (Å²) in [6.07, 6.45) is 0. The lowest BCUT2D eigenvalue weighted by Crippen LogP contribution is -2.41. The summed E-state index contributed by atoms with van der Waals surface area (Å²) in [5.41, 5.74) is -0.192. The second kappa shape index (κ2) is 6.99. The average Bonchev–Trinajstić information content (AvgIpc) is 2.79. The van der Waals surface area contributed by atoms with Gasteiger partial charge in [-0.3, -0.25) is 9.69 Å². The number of rotatable bonds is 4. The van der Waals surface area contributed by atoms with Crippen LogP contribution < -0.4 is 10.1 Å². The molecule has 0 saturated carbocycles. The number of nitrogens with zero attached hydrogens (tertiary/aromatic N) is 1. The van der Waals surface area contributed by atoms with Crippen molar-refractivity contribution in [3.63, 3.8) is 0 Å². The largest absolute Gasteiger partial charge is 0.496 e. The molecule has 136 valence electrons. The summed E-state index contributed by atoms with van der Waals surface area (Å²) < 4.78 is 5.29. The maximum Gasteiger partial charge on any atom is 0.325 e. The minimum absolute atomic E-state index is 0.0230. The number of halogens is 3. The molecule has 1 saturated heterocycles. The Hall–Kier alpha value is -1.95. The maximum absolute atomic E-state index is 13.0. The molecule has 8 heteroatoms. The SMILES string of the molecule is COc1ccc(Cl)cc1CN1C(=O)NC(C)(c2ccc(Cl)cc2Cl)C1=O. The molecule has 3 amide bonds. The van der Waals surface area contributed by atoms with E-state index in [2.05, 4.69) is 5.32 Å². The molecule has 0 aromatic heterocycles. The van der Waals surface area contributed by atoms with Gasteiger partial charge in [-0.05, 0) is 37.3 Å². The Bertz CT molecular complexity index is 903. The van der Waals surface area contributed by atoms with Crippen LogP contribution in [0.5, 0.6) is 5.75 Å². The van der Waals surface area contributed by atoms with Crippen molar-refractivity contribution in [3.05, 3.63) is 62.6 Å². The number of carbonyl (C=O) groups excluding carboxylic acids is 2. The van der Waals surface area contributed by atoms with Crippen molar-refractivity contribution in [2.24, 2.45) is 0 Å². The first-order valence-corrected chi connectivity index (χ1v) is 8.81. The molecular weight excluding hydrogens is 399 g/mol. The van der Waals surface area contributed by atoms with Gasteiger partial charge in [0.1, 0.15) is 11.3 Å². The number of methoxy groups -OCH3 is 1. The molecule has 3 rings (SSSR count). The van der Waals surface area contributed by atoms with Gasteiger partial charge in [0.2, 0.25) is 0 Å². The molecule has 1 aliphatic heterocycles. The van der Waals surface area contributed by atoms with Crippen molar-refractivity contribution in [1.82, 2.24) is 10.2 Å². The van der Waals surface area contributed by atoms with Gasteiger partial charge in [-0.2, -0.15) is 0 Å². The number of benzene rings is 2. The molecule has 26 heavy (non-hydrogen) atoms. The Kier molecular flexibility index (Phi) is 5.06. The fourth-order valence-corrected chi connectivity index (χ4v) is 3.75. The van der Waals surface area contributed by atoms with Gasteiger partial charge in [0.25, 0.3) is 5.91 Å². The van der Waals surface area contributed by atoms with E-state index >= 15 is 0 Å². The maximum atomic E-state index is 13.0. The standard InChI is InChI=1S/C18H15Cl3N2O3/c1-18(13-5-3-12(20)8-14(13)21)16(24)23(17(25)22-18)9-10-7-11(19)4-6-15(10)26-2/h3-8H,9H2,1-2H3,(H,22,25). The summed E-state index contributed by atoms with van der Waals surface area (Å²) in [5, 5.41) is 3.94. The lowest BCUT2D eigenvalue weighted by Gasteiger charge is -2.23. The topological polar surface area (TPSA) is 58.6 Å². The highest BCUT2D eigenvalue weighted by molar-refractivity contribution is 6.35. The van der Waals surface area contributed by atoms with Crippen LogP contribution in [0.15, 0.2) is 36.4 Å². The van der Waals surface area contributed by atoms with Gasteiger partial charge in [0.15, 0.2) is 0 Å². The fourth-order valence-electron chi connectivity index (χ4n) is 2.96. The summed E-state index contributed by atoms with van der Waals surface area (Å²) in [6.45, 7) is 1.63. The molecule has 1 unspecified atom stereocenters. The van der Waals surface area contributed by atoms with E-state index in [1.165, 1.54) is 13.2 Å². The number of amides is 3. The van der Waals surface area contributed by atoms with Crippen LogP contribution in [0.2, 0.25) is 15.1 Å². The van der Waals surface area contributed by atoms with Crippen molar-refractivity contribution < 1.29 is 14.3 Å². The second-order valence-electron chi connectivity index (χ2n) is 6.03. The Labute approximate surface area is 165 Å². The molecule has 0 aliphatic carbocycles. The van der Waals surface area contributed by atoms with Gasteiger partial charge in [0.05, 0.1) is 13.7 Å². The van der Waals surface area contributed by atoms with Crippen LogP contribution in [0.4, 0.5) is 4.79 Å². The first kappa shape index (κ1) is 18.8. The minimum Gasteiger partial charge on any atom is -0.496 e. The number of imide groups is 1. The van der Waals surface area contributed by atoms with Crippen molar-refractivity contribution in [2.45, 2.75) is 19.0 Å². The molecule has 1 atom stereocenters. The lowest BCUT2D eigenvalue weighted by atomic mass is 9.92. The molecule has 2 aromatic rings. The smallest absolute Gasteiger partial charge is 0.325 e. The van der Waals surface area contributed by atoms with Crippen LogP contribution in [-0.4, -0.2) is 23.9 Å². The van der Waals surface area contributed by atoms with Crippen molar-refractivity contribution in [3.8, 4) is 5.75 Å². The van der Waals surface area contributed by atoms with Crippen LogP contribution in [0.1, 0.15) is 18.1 Å². The Balaban J connectivity index is 1.96. The predicted octanol–water partition coefficient (Wildman–Crippen LogP) is 4.62. The normalized spacial score (nSPS) is 19.7. The zero-order valence-electron chi connectivity index (χ0n) is 14.0. The summed E-state index contributed by atoms with van der Waals surface area (Å²) in [7, 11) is 1.51. The number of hydrogen-bond donors (Lipinski definition) is 1. The zero-order valence-corrected chi connectivity index (χ0v) is 16.2. The highest BCUT2D eigenvalue weighted by Gasteiger charge is 2.50. The molecule has 1 N–H and O–H groups in total. The number of urea groups is 1. The number of hydrogen-bond acceptors (Lipinski definition) is 3. The highest BCUT2D eigenvalue weighted by Crippen LogP contribution is 2.36. The Morgan fingerprint density at radius 1 is 1.08 bits per heavy atom. The van der Waals surface area contributed by atoms with E-state index in [9.17, 15) is 9.59 Å². The van der Waals surface area contributed by atoms with Gasteiger partial charge in [-0.25, -0.2) is 4.79 Å². The summed E-state index contributed by atoms with van der Waals surface area (Å²) in [4.78, 5) is 26.6. The molecule has 1 aliphatic rings. The van der Waals surface area contributed by atoms with Gasteiger partial charge >= 0.3 is 6.03 Å². The van der Waals surface area contributed by atoms with Gasteiger partial charge < -0.3 is 10.1 Å². The minimum atomic E-state index is -1.29. The van der Waals surface area contributed by atoms with E-state index < -0.39 is 17.5 Å². The second-order valence-corrected chi connectivity index (χ2v) is 7.31. The lowest BCUT2D eigenvalue weighted by molar-refractivity contribution is -0.131. The van der Waals surface area contributed by atoms with E-state index in [1.54, 1.807) is 37.3 Å². The molecule has 5 nitrogen and oxygen atoms in total. The quantitative estimate of drug-likeness (QED) is 0.744. The molecule has 1 fully saturated rings. The van der Waals surface area contributed by atoms with Crippen molar-refractivity contribution >= 4 is 46.7 Å². The van der Waals surface area contributed by atoms with Crippen LogP contribution >= 0.6 is 34.8 Å². The van der Waals surface area contributed by atoms with Gasteiger partial charge in [0, 0.05) is 26.2 Å². The monoisotopic (exact) mass is 412 g/mol. The highest BCUT2D eigenvalue weighted by atomic mass is 35.5. The summed E-state index contributed by atoms with van der Waals surface area (Å²) in [5.74, 6) is 0.113. The van der Waals surface area contributed by atoms with E-state index in [-0.39, 0.29) is 6.54 Å². The van der Waals surface area contributed by atoms with Gasteiger partial charge in [-0.1, -0.05) is 40.9 Å². The first-order valence-electron chi connectivity index (χ1n) is 7.68. The average molecular weight is 414 g/mol. The summed E-state index contributed by atoms with van der Waals surface area (Å²) >= 11 is 18.2. The van der Waals surface area contributed by atoms with Crippen LogP contribution in [0, 0.1) is 0 Å². The number of carbonyl (C=O) groups is 2. The number of nitrogens with one attached hydrogen (secondary N) is 1. The van der Waals surface area contributed by atoms with E-state index in [0.29, 0.717) is 31.9 Å². The molecule has 0 radical (unpaired) electrons. The molecule has 1 heterocycles. The molecular formula is C18H15Cl3N2O3. The van der Waals surface area contributed by atoms with Crippen molar-refractivity contribution in [1.29, 1.82) is 0 Å².